The van der Waals surface area contributed by atoms with E-state index < -0.39 is 0 Å². The van der Waals surface area contributed by atoms with E-state index in [4.69, 9.17) is 9.47 Å². The Labute approximate surface area is 117 Å². The number of ether oxygens (including phenoxy) is 2. The molecule has 0 spiro atoms. The predicted octanol–water partition coefficient (Wildman–Crippen LogP) is 2.40. The first-order valence-corrected chi connectivity index (χ1v) is 5.87. The van der Waals surface area contributed by atoms with E-state index in [0.29, 0.717) is 11.8 Å². The van der Waals surface area contributed by atoms with Crippen LogP contribution < -0.4 is 14.8 Å². The highest BCUT2D eigenvalue weighted by Crippen LogP contribution is 2.36. The first-order valence-electron chi connectivity index (χ1n) is 5.87. The molecule has 20 heavy (non-hydrogen) atoms. The molecule has 5 heteroatoms. The zero-order valence-corrected chi connectivity index (χ0v) is 11.4. The zero-order valence-electron chi connectivity index (χ0n) is 11.4. The van der Waals surface area contributed by atoms with Crippen LogP contribution in [-0.4, -0.2) is 25.6 Å². The average Bonchev–Trinajstić information content (AvgIpc) is 2.80. The quantitative estimate of drug-likeness (QED) is 0.829. The highest BCUT2D eigenvalue weighted by molar-refractivity contribution is 5.78. The van der Waals surface area contributed by atoms with Crippen LogP contribution in [0.1, 0.15) is 10.4 Å². The number of phenols is 1. The number of nitrogens with one attached hydrogen (secondary N) is 1. The van der Waals surface area contributed by atoms with E-state index in [2.05, 4.69) is 5.32 Å². The summed E-state index contributed by atoms with van der Waals surface area (Å²) in [5.74, 6) is 0.346. The van der Waals surface area contributed by atoms with Crippen LogP contribution >= 0.6 is 0 Å². The fourth-order valence-electron chi connectivity index (χ4n) is 1.39. The fourth-order valence-corrected chi connectivity index (χ4v) is 1.39. The minimum Gasteiger partial charge on any atom is -0.502 e. The van der Waals surface area contributed by atoms with Crippen molar-refractivity contribution in [2.75, 3.05) is 14.2 Å². The number of aldehydes is 1. The van der Waals surface area contributed by atoms with Gasteiger partial charge in [-0.05, 0) is 24.3 Å². The van der Waals surface area contributed by atoms with Crippen molar-refractivity contribution in [3.05, 3.63) is 54.4 Å². The Morgan fingerprint density at radius 2 is 1.50 bits per heavy atom. The van der Waals surface area contributed by atoms with E-state index in [9.17, 15) is 9.90 Å². The number of phenolic OH excluding ortho intramolecular Hbond substituents is 1. The van der Waals surface area contributed by atoms with Gasteiger partial charge >= 0.3 is 0 Å². The predicted molar refractivity (Wildman–Crippen MR) is 77.2 cm³/mol. The van der Waals surface area contributed by atoms with Gasteiger partial charge in [0, 0.05) is 18.0 Å². The highest BCUT2D eigenvalue weighted by Gasteiger charge is 2.10. The van der Waals surface area contributed by atoms with Crippen LogP contribution in [0.3, 0.4) is 0 Å². The molecule has 0 saturated heterocycles. The second kappa shape index (κ2) is 8.42. The Kier molecular flexibility index (Phi) is 6.47. The molecule has 1 aromatic carbocycles. The second-order valence-electron chi connectivity index (χ2n) is 3.66. The third-order valence-electron chi connectivity index (χ3n) is 2.36. The van der Waals surface area contributed by atoms with Gasteiger partial charge in [0.1, 0.15) is 6.29 Å². The van der Waals surface area contributed by atoms with E-state index in [0.717, 1.165) is 0 Å². The molecule has 1 aliphatic heterocycles. The molecular weight excluding hydrogens is 258 g/mol. The van der Waals surface area contributed by atoms with Crippen LogP contribution in [0.15, 0.2) is 48.8 Å². The van der Waals surface area contributed by atoms with Gasteiger partial charge in [0.15, 0.2) is 11.5 Å². The van der Waals surface area contributed by atoms with Crippen molar-refractivity contribution in [2.24, 2.45) is 0 Å². The van der Waals surface area contributed by atoms with Crippen molar-refractivity contribution in [3.8, 4) is 17.2 Å². The summed E-state index contributed by atoms with van der Waals surface area (Å²) in [6, 6.07) is 2.87. The van der Waals surface area contributed by atoms with Gasteiger partial charge < -0.3 is 19.9 Å². The van der Waals surface area contributed by atoms with Gasteiger partial charge in [0.2, 0.25) is 5.75 Å². The lowest BCUT2D eigenvalue weighted by Gasteiger charge is -2.08. The number of allylic oxidation sites excluding steroid dienone is 4. The summed E-state index contributed by atoms with van der Waals surface area (Å²) in [5, 5.41) is 12.4. The smallest absolute Gasteiger partial charge is 0.200 e. The van der Waals surface area contributed by atoms with Crippen LogP contribution in [0.2, 0.25) is 0 Å². The van der Waals surface area contributed by atoms with Gasteiger partial charge in [-0.1, -0.05) is 12.2 Å². The Hall–Kier alpha value is -2.69. The Balaban J connectivity index is 0.000000240. The van der Waals surface area contributed by atoms with Crippen molar-refractivity contribution >= 4 is 6.29 Å². The minimum absolute atomic E-state index is 0.101. The molecule has 0 atom stereocenters. The SMILES string of the molecule is C1=CC=CNC=C1.COc1cc(C=O)cc(OC)c1O. The van der Waals surface area contributed by atoms with Gasteiger partial charge in [0.05, 0.1) is 14.2 Å². The van der Waals surface area contributed by atoms with Gasteiger partial charge in [0.25, 0.3) is 0 Å². The van der Waals surface area contributed by atoms with Crippen molar-refractivity contribution < 1.29 is 19.4 Å². The molecule has 0 aliphatic carbocycles. The van der Waals surface area contributed by atoms with Crippen LogP contribution in [0.5, 0.6) is 17.2 Å². The van der Waals surface area contributed by atoms with E-state index in [-0.39, 0.29) is 17.2 Å². The second-order valence-corrected chi connectivity index (χ2v) is 3.66. The van der Waals surface area contributed by atoms with Gasteiger partial charge in [-0.15, -0.1) is 0 Å². The molecule has 0 unspecified atom stereocenters. The summed E-state index contributed by atoms with van der Waals surface area (Å²) in [7, 11) is 2.81. The number of carbonyl (C=O) groups is 1. The molecule has 5 nitrogen and oxygen atoms in total. The lowest BCUT2D eigenvalue weighted by atomic mass is 10.2. The minimum atomic E-state index is -0.101. The molecule has 0 amide bonds. The summed E-state index contributed by atoms with van der Waals surface area (Å²) in [5.41, 5.74) is 0.395. The standard InChI is InChI=1S/C9H10O4.C6H7N/c1-12-7-3-6(5-10)4-8(13-2)9(7)11;1-2-4-6-7-5-3-1/h3-5,11H,1-2H3;1-7H. The summed E-state index contributed by atoms with van der Waals surface area (Å²) < 4.78 is 9.68. The van der Waals surface area contributed by atoms with Crippen molar-refractivity contribution in [1.82, 2.24) is 5.32 Å². The summed E-state index contributed by atoms with van der Waals surface area (Å²) in [4.78, 5) is 10.5. The van der Waals surface area contributed by atoms with Crippen LogP contribution in [0.25, 0.3) is 0 Å². The maximum absolute atomic E-state index is 10.5. The maximum atomic E-state index is 10.5. The number of aromatic hydroxyl groups is 1. The van der Waals surface area contributed by atoms with E-state index >= 15 is 0 Å². The van der Waals surface area contributed by atoms with Gasteiger partial charge in [-0.3, -0.25) is 4.79 Å². The Morgan fingerprint density at radius 3 is 1.90 bits per heavy atom. The van der Waals surface area contributed by atoms with Gasteiger partial charge in [-0.25, -0.2) is 0 Å². The molecule has 0 bridgehead atoms. The average molecular weight is 275 g/mol. The molecule has 106 valence electrons. The summed E-state index contributed by atoms with van der Waals surface area (Å²) in [6.45, 7) is 0. The molecule has 0 radical (unpaired) electrons. The van der Waals surface area contributed by atoms with Crippen molar-refractivity contribution in [2.45, 2.75) is 0 Å². The molecule has 0 aromatic heterocycles. The summed E-state index contributed by atoms with van der Waals surface area (Å²) >= 11 is 0. The molecule has 2 N–H and O–H groups in total. The first-order chi connectivity index (χ1) is 9.72. The topological polar surface area (TPSA) is 67.8 Å². The molecule has 1 aliphatic rings. The molecule has 0 fully saturated rings. The Bertz CT molecular complexity index is 494. The van der Waals surface area contributed by atoms with Crippen LogP contribution in [0, 0.1) is 0 Å². The molecular formula is C15H17NO4. The van der Waals surface area contributed by atoms with E-state index in [1.54, 1.807) is 0 Å². The number of carbonyl (C=O) groups excluding carboxylic acids is 1. The normalized spacial score (nSPS) is 11.7. The Morgan fingerprint density at radius 1 is 1.00 bits per heavy atom. The summed E-state index contributed by atoms with van der Waals surface area (Å²) in [6.07, 6.45) is 12.2. The number of hydrogen-bond acceptors (Lipinski definition) is 5. The lowest BCUT2D eigenvalue weighted by Crippen LogP contribution is -1.91. The third kappa shape index (κ3) is 4.53. The van der Waals surface area contributed by atoms with Crippen molar-refractivity contribution in [3.63, 3.8) is 0 Å². The van der Waals surface area contributed by atoms with E-state index in [1.807, 2.05) is 36.7 Å². The lowest BCUT2D eigenvalue weighted by molar-refractivity contribution is 0.112. The van der Waals surface area contributed by atoms with Crippen LogP contribution in [0.4, 0.5) is 0 Å². The van der Waals surface area contributed by atoms with E-state index in [1.165, 1.54) is 26.4 Å². The number of hydrogen-bond donors (Lipinski definition) is 2. The monoisotopic (exact) mass is 275 g/mol. The molecule has 2 rings (SSSR count). The van der Waals surface area contributed by atoms with Crippen molar-refractivity contribution in [1.29, 1.82) is 0 Å². The number of rotatable bonds is 3. The molecule has 1 aromatic rings. The maximum Gasteiger partial charge on any atom is 0.200 e. The fraction of sp³-hybridized carbons (Fsp3) is 0.133. The number of benzene rings is 1. The van der Waals surface area contributed by atoms with Crippen LogP contribution in [-0.2, 0) is 0 Å². The highest BCUT2D eigenvalue weighted by atomic mass is 16.5. The third-order valence-corrected chi connectivity index (χ3v) is 2.36. The molecule has 1 heterocycles. The molecule has 0 saturated carbocycles. The first kappa shape index (κ1) is 15.4. The number of methoxy groups -OCH3 is 2. The zero-order chi connectivity index (χ0) is 14.8. The largest absolute Gasteiger partial charge is 0.502 e. The van der Waals surface area contributed by atoms with Gasteiger partial charge in [-0.2, -0.15) is 0 Å².